The van der Waals surface area contributed by atoms with Gasteiger partial charge in [-0.25, -0.2) is 23.1 Å². The van der Waals surface area contributed by atoms with E-state index in [1.54, 1.807) is 0 Å². The van der Waals surface area contributed by atoms with E-state index in [0.29, 0.717) is 6.54 Å². The van der Waals surface area contributed by atoms with Crippen LogP contribution in [0.15, 0.2) is 0 Å². The minimum absolute atomic E-state index is 0.200. The molecule has 0 atom stereocenters. The average Bonchev–Trinajstić information content (AvgIpc) is 2.54. The van der Waals surface area contributed by atoms with Crippen molar-refractivity contribution in [1.82, 2.24) is 14.9 Å². The fourth-order valence-corrected chi connectivity index (χ4v) is 3.07. The Balaban J connectivity index is 1.93. The van der Waals surface area contributed by atoms with Crippen molar-refractivity contribution in [3.05, 3.63) is 23.3 Å². The number of nitrogens with two attached hydrogens (primary N) is 1. The number of rotatable bonds is 3. The van der Waals surface area contributed by atoms with Gasteiger partial charge in [-0.2, -0.15) is 0 Å². The Morgan fingerprint density at radius 2 is 1.79 bits per heavy atom. The molecule has 1 aliphatic rings. The molecule has 0 spiro atoms. The number of hydrogen-bond acceptors (Lipinski definition) is 5. The standard InChI is InChI=1S/C16H20F3N5/c1-8-22-14-10(16(20)23-8)11(17)12(18)15(13(14)19)21-7-9-3-5-24(2)6-4-9/h9,21H,3-7H2,1-2H3,(H2,20,22,23). The van der Waals surface area contributed by atoms with Crippen LogP contribution in [0.25, 0.3) is 10.9 Å². The Labute approximate surface area is 138 Å². The van der Waals surface area contributed by atoms with Gasteiger partial charge in [-0.15, -0.1) is 0 Å². The van der Waals surface area contributed by atoms with E-state index in [9.17, 15) is 13.2 Å². The molecule has 1 saturated heterocycles. The predicted molar refractivity (Wildman–Crippen MR) is 87.3 cm³/mol. The molecule has 5 nitrogen and oxygen atoms in total. The second-order valence-electron chi connectivity index (χ2n) is 6.32. The van der Waals surface area contributed by atoms with Gasteiger partial charge in [-0.3, -0.25) is 0 Å². The maximum atomic E-state index is 14.7. The molecule has 3 rings (SSSR count). The first-order valence-electron chi connectivity index (χ1n) is 7.91. The molecule has 0 aliphatic carbocycles. The SMILES string of the molecule is Cc1nc(N)c2c(F)c(F)c(NCC3CCN(C)CC3)c(F)c2n1. The monoisotopic (exact) mass is 339 g/mol. The molecule has 0 radical (unpaired) electrons. The molecule has 1 aromatic heterocycles. The molecule has 1 fully saturated rings. The molecule has 3 N–H and O–H groups in total. The van der Waals surface area contributed by atoms with Gasteiger partial charge >= 0.3 is 0 Å². The number of benzene rings is 1. The predicted octanol–water partition coefficient (Wildman–Crippen LogP) is 2.69. The summed E-state index contributed by atoms with van der Waals surface area (Å²) in [7, 11) is 2.04. The Hall–Kier alpha value is -2.09. The van der Waals surface area contributed by atoms with Gasteiger partial charge in [-0.05, 0) is 45.8 Å². The zero-order valence-corrected chi connectivity index (χ0v) is 13.7. The van der Waals surface area contributed by atoms with Crippen LogP contribution in [0.2, 0.25) is 0 Å². The van der Waals surface area contributed by atoms with Gasteiger partial charge < -0.3 is 16.0 Å². The summed E-state index contributed by atoms with van der Waals surface area (Å²) in [6.07, 6.45) is 1.86. The zero-order valence-electron chi connectivity index (χ0n) is 13.7. The smallest absolute Gasteiger partial charge is 0.185 e. The number of halogens is 3. The van der Waals surface area contributed by atoms with Crippen molar-refractivity contribution >= 4 is 22.4 Å². The van der Waals surface area contributed by atoms with Crippen LogP contribution >= 0.6 is 0 Å². The highest BCUT2D eigenvalue weighted by Crippen LogP contribution is 2.33. The number of aryl methyl sites for hydroxylation is 1. The maximum absolute atomic E-state index is 14.7. The van der Waals surface area contributed by atoms with Gasteiger partial charge in [0, 0.05) is 6.54 Å². The van der Waals surface area contributed by atoms with Crippen molar-refractivity contribution in [3.63, 3.8) is 0 Å². The van der Waals surface area contributed by atoms with Gasteiger partial charge in [0.2, 0.25) is 0 Å². The molecule has 24 heavy (non-hydrogen) atoms. The Kier molecular flexibility index (Phi) is 4.49. The van der Waals surface area contributed by atoms with E-state index < -0.39 is 28.5 Å². The molecule has 130 valence electrons. The van der Waals surface area contributed by atoms with Crippen molar-refractivity contribution in [1.29, 1.82) is 0 Å². The first-order valence-corrected chi connectivity index (χ1v) is 7.91. The Morgan fingerprint density at radius 1 is 1.12 bits per heavy atom. The summed E-state index contributed by atoms with van der Waals surface area (Å²) >= 11 is 0. The summed E-state index contributed by atoms with van der Waals surface area (Å²) in [5, 5.41) is 2.31. The molecular weight excluding hydrogens is 319 g/mol. The second kappa shape index (κ2) is 6.43. The highest BCUT2D eigenvalue weighted by Gasteiger charge is 2.25. The van der Waals surface area contributed by atoms with Crippen LogP contribution in [0.5, 0.6) is 0 Å². The van der Waals surface area contributed by atoms with E-state index in [4.69, 9.17) is 5.73 Å². The highest BCUT2D eigenvalue weighted by molar-refractivity contribution is 5.91. The molecule has 8 heteroatoms. The second-order valence-corrected chi connectivity index (χ2v) is 6.32. The Morgan fingerprint density at radius 3 is 2.46 bits per heavy atom. The molecule has 1 aliphatic heterocycles. The van der Waals surface area contributed by atoms with Crippen molar-refractivity contribution in [2.75, 3.05) is 37.7 Å². The number of anilines is 2. The maximum Gasteiger partial charge on any atom is 0.185 e. The van der Waals surface area contributed by atoms with Crippen LogP contribution in [-0.4, -0.2) is 41.5 Å². The summed E-state index contributed by atoms with van der Waals surface area (Å²) in [6.45, 7) is 3.77. The van der Waals surface area contributed by atoms with E-state index in [-0.39, 0.29) is 23.1 Å². The summed E-state index contributed by atoms with van der Waals surface area (Å²) in [5.74, 6) is -3.23. The largest absolute Gasteiger partial charge is 0.383 e. The molecule has 0 amide bonds. The van der Waals surface area contributed by atoms with E-state index in [0.717, 1.165) is 25.9 Å². The van der Waals surface area contributed by atoms with Crippen LogP contribution in [0.4, 0.5) is 24.7 Å². The number of nitrogens with zero attached hydrogens (tertiary/aromatic N) is 3. The van der Waals surface area contributed by atoms with E-state index in [1.807, 2.05) is 7.05 Å². The number of likely N-dealkylation sites (tertiary alicyclic amines) is 1. The average molecular weight is 339 g/mol. The molecular formula is C16H20F3N5. The normalized spacial score (nSPS) is 16.7. The van der Waals surface area contributed by atoms with Gasteiger partial charge in [-0.1, -0.05) is 0 Å². The summed E-state index contributed by atoms with van der Waals surface area (Å²) in [5.41, 5.74) is 4.81. The molecule has 0 saturated carbocycles. The number of aromatic nitrogens is 2. The van der Waals surface area contributed by atoms with Crippen molar-refractivity contribution < 1.29 is 13.2 Å². The molecule has 1 aromatic carbocycles. The summed E-state index contributed by atoms with van der Waals surface area (Å²) in [6, 6.07) is 0. The summed E-state index contributed by atoms with van der Waals surface area (Å²) < 4.78 is 43.3. The third-order valence-corrected chi connectivity index (χ3v) is 4.51. The third kappa shape index (κ3) is 2.98. The lowest BCUT2D eigenvalue weighted by molar-refractivity contribution is 0.226. The van der Waals surface area contributed by atoms with Crippen molar-refractivity contribution in [3.8, 4) is 0 Å². The van der Waals surface area contributed by atoms with E-state index in [1.165, 1.54) is 6.92 Å². The fourth-order valence-electron chi connectivity index (χ4n) is 3.07. The van der Waals surface area contributed by atoms with Crippen LogP contribution in [0, 0.1) is 30.3 Å². The number of fused-ring (bicyclic) bond motifs is 1. The van der Waals surface area contributed by atoms with Gasteiger partial charge in [0.25, 0.3) is 0 Å². The third-order valence-electron chi connectivity index (χ3n) is 4.51. The summed E-state index contributed by atoms with van der Waals surface area (Å²) in [4.78, 5) is 9.86. The van der Waals surface area contributed by atoms with Crippen LogP contribution in [-0.2, 0) is 0 Å². The van der Waals surface area contributed by atoms with Gasteiger partial charge in [0.1, 0.15) is 22.8 Å². The number of nitrogens with one attached hydrogen (secondary N) is 1. The highest BCUT2D eigenvalue weighted by atomic mass is 19.2. The molecule has 0 unspecified atom stereocenters. The number of hydrogen-bond donors (Lipinski definition) is 2. The molecule has 2 heterocycles. The first kappa shape index (κ1) is 16.8. The van der Waals surface area contributed by atoms with Crippen molar-refractivity contribution in [2.24, 2.45) is 5.92 Å². The lowest BCUT2D eigenvalue weighted by Crippen LogP contribution is -2.33. The minimum atomic E-state index is -1.29. The van der Waals surface area contributed by atoms with Crippen LogP contribution in [0.3, 0.4) is 0 Å². The van der Waals surface area contributed by atoms with Crippen LogP contribution < -0.4 is 11.1 Å². The van der Waals surface area contributed by atoms with E-state index >= 15 is 0 Å². The molecule has 0 bridgehead atoms. The topological polar surface area (TPSA) is 67.1 Å². The van der Waals surface area contributed by atoms with Crippen LogP contribution in [0.1, 0.15) is 18.7 Å². The fraction of sp³-hybridized carbons (Fsp3) is 0.500. The van der Waals surface area contributed by atoms with Gasteiger partial charge in [0.15, 0.2) is 17.5 Å². The first-order chi connectivity index (χ1) is 11.4. The lowest BCUT2D eigenvalue weighted by Gasteiger charge is -2.29. The Bertz CT molecular complexity index is 772. The van der Waals surface area contributed by atoms with Crippen molar-refractivity contribution in [2.45, 2.75) is 19.8 Å². The number of piperidine rings is 1. The zero-order chi connectivity index (χ0) is 17.4. The minimum Gasteiger partial charge on any atom is -0.383 e. The lowest BCUT2D eigenvalue weighted by atomic mass is 9.97. The van der Waals surface area contributed by atoms with Gasteiger partial charge in [0.05, 0.1) is 5.39 Å². The van der Waals surface area contributed by atoms with E-state index in [2.05, 4.69) is 20.2 Å². The number of nitrogen functional groups attached to an aromatic ring is 1. The quantitative estimate of drug-likeness (QED) is 0.842. The molecule has 2 aromatic rings.